The summed E-state index contributed by atoms with van der Waals surface area (Å²) < 4.78 is 0. The Balaban J connectivity index is 2.11. The van der Waals surface area contributed by atoms with Crippen molar-refractivity contribution >= 4 is 10.9 Å². The van der Waals surface area contributed by atoms with Gasteiger partial charge in [-0.25, -0.2) is 0 Å². The smallest absolute Gasteiger partial charge is 0.0651 e. The van der Waals surface area contributed by atoms with E-state index < -0.39 is 0 Å². The number of H-pyrrole nitrogens is 1. The quantitative estimate of drug-likeness (QED) is 0.268. The zero-order valence-electron chi connectivity index (χ0n) is 8.51. The Morgan fingerprint density at radius 3 is 3.31 bits per heavy atom. The van der Waals surface area contributed by atoms with Gasteiger partial charge in [-0.3, -0.25) is 5.10 Å². The Labute approximate surface area is 92.1 Å². The van der Waals surface area contributed by atoms with Gasteiger partial charge in [0.05, 0.1) is 11.7 Å². The van der Waals surface area contributed by atoms with Crippen molar-refractivity contribution in [1.29, 1.82) is 0 Å². The predicted octanol–water partition coefficient (Wildman–Crippen LogP) is 2.61. The molecule has 0 radical (unpaired) electrons. The van der Waals surface area contributed by atoms with Crippen LogP contribution in [0.3, 0.4) is 0 Å². The molecule has 0 bridgehead atoms. The fourth-order valence-electron chi connectivity index (χ4n) is 1.34. The maximum atomic E-state index is 8.08. The predicted molar refractivity (Wildman–Crippen MR) is 61.6 cm³/mol. The number of nitrogens with one attached hydrogen (secondary N) is 1. The minimum Gasteiger partial charge on any atom is -0.278 e. The van der Waals surface area contributed by atoms with Crippen molar-refractivity contribution in [1.82, 2.24) is 10.2 Å². The summed E-state index contributed by atoms with van der Waals surface area (Å²) in [5, 5.41) is 11.3. The van der Waals surface area contributed by atoms with E-state index >= 15 is 0 Å². The highest BCUT2D eigenvalue weighted by Crippen LogP contribution is 2.11. The van der Waals surface area contributed by atoms with Gasteiger partial charge in [0, 0.05) is 28.8 Å². The second kappa shape index (κ2) is 4.87. The van der Waals surface area contributed by atoms with Gasteiger partial charge in [0.2, 0.25) is 0 Å². The van der Waals surface area contributed by atoms with Crippen LogP contribution in [0.15, 0.2) is 29.5 Å². The van der Waals surface area contributed by atoms with Crippen molar-refractivity contribution in [3.63, 3.8) is 0 Å². The molecule has 5 heteroatoms. The Bertz CT molecular complexity index is 595. The molecule has 1 aromatic carbocycles. The third kappa shape index (κ3) is 2.32. The molecule has 2 aromatic rings. The lowest BCUT2D eigenvalue weighted by molar-refractivity contribution is 1.01. The van der Waals surface area contributed by atoms with E-state index in [0.29, 0.717) is 13.0 Å². The Hall–Kier alpha value is -2.44. The van der Waals surface area contributed by atoms with Crippen molar-refractivity contribution in [2.45, 2.75) is 6.42 Å². The molecule has 0 aliphatic heterocycles. The molecule has 1 N–H and O–H groups in total. The largest absolute Gasteiger partial charge is 0.278 e. The molecule has 0 atom stereocenters. The molecule has 0 aliphatic rings. The number of benzene rings is 1. The van der Waals surface area contributed by atoms with Gasteiger partial charge in [-0.15, -0.1) is 0 Å². The SMILES string of the molecule is [N-]=[N+]=NCCC#Cc1ccc2[nH]ncc2c1. The number of aromatic amines is 1. The molecular formula is C11H9N5. The normalized spacial score (nSPS) is 9.25. The number of hydrogen-bond donors (Lipinski definition) is 1. The van der Waals surface area contributed by atoms with E-state index in [2.05, 4.69) is 32.1 Å². The molecule has 0 saturated heterocycles. The van der Waals surface area contributed by atoms with Crippen molar-refractivity contribution < 1.29 is 0 Å². The Kier molecular flexibility index (Phi) is 3.07. The van der Waals surface area contributed by atoms with Gasteiger partial charge in [0.15, 0.2) is 0 Å². The van der Waals surface area contributed by atoms with Gasteiger partial charge in [-0.05, 0) is 23.7 Å². The maximum absolute atomic E-state index is 8.08. The first-order valence-electron chi connectivity index (χ1n) is 4.83. The minimum absolute atomic E-state index is 0.414. The van der Waals surface area contributed by atoms with E-state index in [-0.39, 0.29) is 0 Å². The van der Waals surface area contributed by atoms with Crippen LogP contribution in [0.25, 0.3) is 21.3 Å². The lowest BCUT2D eigenvalue weighted by Gasteiger charge is -1.90. The second-order valence-electron chi connectivity index (χ2n) is 3.18. The van der Waals surface area contributed by atoms with E-state index in [0.717, 1.165) is 16.5 Å². The molecule has 0 spiro atoms. The third-order valence-corrected chi connectivity index (χ3v) is 2.07. The van der Waals surface area contributed by atoms with E-state index in [1.807, 2.05) is 18.2 Å². The minimum atomic E-state index is 0.414. The molecule has 2 rings (SSSR count). The summed E-state index contributed by atoms with van der Waals surface area (Å²) >= 11 is 0. The maximum Gasteiger partial charge on any atom is 0.0651 e. The highest BCUT2D eigenvalue weighted by atomic mass is 15.1. The lowest BCUT2D eigenvalue weighted by Crippen LogP contribution is -1.76. The summed E-state index contributed by atoms with van der Waals surface area (Å²) in [6.45, 7) is 0.414. The fourth-order valence-corrected chi connectivity index (χ4v) is 1.34. The number of nitrogens with zero attached hydrogens (tertiary/aromatic N) is 4. The van der Waals surface area contributed by atoms with Crippen LogP contribution in [0.5, 0.6) is 0 Å². The van der Waals surface area contributed by atoms with Crippen LogP contribution < -0.4 is 0 Å². The van der Waals surface area contributed by atoms with Crippen molar-refractivity contribution in [3.8, 4) is 11.8 Å². The topological polar surface area (TPSA) is 77.4 Å². The van der Waals surface area contributed by atoms with Crippen LogP contribution in [0.2, 0.25) is 0 Å². The first-order valence-corrected chi connectivity index (χ1v) is 4.83. The molecule has 0 unspecified atom stereocenters. The molecule has 0 aliphatic carbocycles. The van der Waals surface area contributed by atoms with Crippen molar-refractivity contribution in [2.24, 2.45) is 5.11 Å². The van der Waals surface area contributed by atoms with E-state index in [1.165, 1.54) is 0 Å². The van der Waals surface area contributed by atoms with E-state index in [4.69, 9.17) is 5.53 Å². The Morgan fingerprint density at radius 2 is 2.44 bits per heavy atom. The average molecular weight is 211 g/mol. The molecule has 1 heterocycles. The molecule has 0 fully saturated rings. The summed E-state index contributed by atoms with van der Waals surface area (Å²) in [5.41, 5.74) is 10.0. The first-order chi connectivity index (χ1) is 7.90. The fraction of sp³-hybridized carbons (Fsp3) is 0.182. The van der Waals surface area contributed by atoms with Gasteiger partial charge < -0.3 is 0 Å². The molecule has 5 nitrogen and oxygen atoms in total. The molecule has 0 saturated carbocycles. The summed E-state index contributed by atoms with van der Waals surface area (Å²) in [6, 6.07) is 5.85. The summed E-state index contributed by atoms with van der Waals surface area (Å²) in [5.74, 6) is 5.96. The standard InChI is InChI=1S/C11H9N5/c12-16-13-6-2-1-3-9-4-5-11-10(7-9)8-14-15-11/h4-5,7-8H,2,6H2,(H,14,15). The second-order valence-corrected chi connectivity index (χ2v) is 3.18. The highest BCUT2D eigenvalue weighted by Gasteiger charge is 1.94. The molecular weight excluding hydrogens is 202 g/mol. The summed E-state index contributed by atoms with van der Waals surface area (Å²) in [4.78, 5) is 2.66. The third-order valence-electron chi connectivity index (χ3n) is 2.07. The number of azide groups is 1. The monoisotopic (exact) mass is 211 g/mol. The van der Waals surface area contributed by atoms with Gasteiger partial charge in [-0.2, -0.15) is 5.10 Å². The number of hydrogen-bond acceptors (Lipinski definition) is 2. The number of aromatic nitrogens is 2. The first kappa shape index (κ1) is 10.1. The zero-order chi connectivity index (χ0) is 11.2. The highest BCUT2D eigenvalue weighted by molar-refractivity contribution is 5.79. The van der Waals surface area contributed by atoms with Crippen LogP contribution in [0.4, 0.5) is 0 Å². The zero-order valence-corrected chi connectivity index (χ0v) is 8.51. The lowest BCUT2D eigenvalue weighted by atomic mass is 10.1. The van der Waals surface area contributed by atoms with E-state index in [1.54, 1.807) is 6.20 Å². The van der Waals surface area contributed by atoms with Crippen LogP contribution >= 0.6 is 0 Å². The van der Waals surface area contributed by atoms with Crippen LogP contribution in [0.1, 0.15) is 12.0 Å². The van der Waals surface area contributed by atoms with Crippen LogP contribution in [-0.4, -0.2) is 16.7 Å². The van der Waals surface area contributed by atoms with Gasteiger partial charge in [0.1, 0.15) is 0 Å². The molecule has 16 heavy (non-hydrogen) atoms. The van der Waals surface area contributed by atoms with Crippen molar-refractivity contribution in [2.75, 3.05) is 6.54 Å². The van der Waals surface area contributed by atoms with Crippen molar-refractivity contribution in [3.05, 3.63) is 40.4 Å². The molecule has 0 amide bonds. The number of rotatable bonds is 2. The average Bonchev–Trinajstić information content (AvgIpc) is 2.76. The molecule has 1 aromatic heterocycles. The summed E-state index contributed by atoms with van der Waals surface area (Å²) in [7, 11) is 0. The number of fused-ring (bicyclic) bond motifs is 1. The summed E-state index contributed by atoms with van der Waals surface area (Å²) in [6.07, 6.45) is 2.34. The van der Waals surface area contributed by atoms with Gasteiger partial charge in [0.25, 0.3) is 0 Å². The Morgan fingerprint density at radius 1 is 1.50 bits per heavy atom. The van der Waals surface area contributed by atoms with Gasteiger partial charge in [-0.1, -0.05) is 17.0 Å². The van der Waals surface area contributed by atoms with Crippen LogP contribution in [-0.2, 0) is 0 Å². The van der Waals surface area contributed by atoms with Gasteiger partial charge >= 0.3 is 0 Å². The van der Waals surface area contributed by atoms with Crippen LogP contribution in [0, 0.1) is 11.8 Å². The van der Waals surface area contributed by atoms with E-state index in [9.17, 15) is 0 Å². The molecule has 78 valence electrons.